The van der Waals surface area contributed by atoms with Crippen molar-refractivity contribution < 1.29 is 19.0 Å². The van der Waals surface area contributed by atoms with Gasteiger partial charge in [-0.15, -0.1) is 0 Å². The number of benzene rings is 2. The first-order valence-corrected chi connectivity index (χ1v) is 7.53. The minimum Gasteiger partial charge on any atom is -0.449 e. The Morgan fingerprint density at radius 2 is 1.70 bits per heavy atom. The van der Waals surface area contributed by atoms with Crippen molar-refractivity contribution in [2.45, 2.75) is 12.0 Å². The number of halogens is 1. The van der Waals surface area contributed by atoms with Gasteiger partial charge in [0.1, 0.15) is 13.3 Å². The highest BCUT2D eigenvalue weighted by Crippen LogP contribution is 2.44. The molecule has 2 N–H and O–H groups in total. The van der Waals surface area contributed by atoms with Crippen LogP contribution in [0, 0.1) is 0 Å². The van der Waals surface area contributed by atoms with Crippen molar-refractivity contribution in [2.75, 3.05) is 19.9 Å². The van der Waals surface area contributed by atoms with Gasteiger partial charge in [-0.1, -0.05) is 48.5 Å². The number of fused-ring (bicyclic) bond motifs is 3. The van der Waals surface area contributed by atoms with E-state index in [0.717, 1.165) is 22.3 Å². The van der Waals surface area contributed by atoms with Crippen LogP contribution in [0.25, 0.3) is 11.1 Å². The molecule has 23 heavy (non-hydrogen) atoms. The van der Waals surface area contributed by atoms with Crippen LogP contribution in [-0.4, -0.2) is 37.1 Å². The van der Waals surface area contributed by atoms with Gasteiger partial charge in [-0.05, 0) is 22.3 Å². The van der Waals surface area contributed by atoms with Crippen LogP contribution in [0.4, 0.5) is 9.18 Å². The van der Waals surface area contributed by atoms with E-state index in [4.69, 9.17) is 9.84 Å². The van der Waals surface area contributed by atoms with Gasteiger partial charge in [0.25, 0.3) is 0 Å². The summed E-state index contributed by atoms with van der Waals surface area (Å²) in [5, 5.41) is 11.2. The molecule has 120 valence electrons. The molecule has 0 fully saturated rings. The zero-order chi connectivity index (χ0) is 16.2. The first-order valence-electron chi connectivity index (χ1n) is 7.53. The van der Waals surface area contributed by atoms with Crippen LogP contribution in [0.2, 0.25) is 0 Å². The molecule has 2 aromatic rings. The largest absolute Gasteiger partial charge is 0.449 e. The molecule has 0 bridgehead atoms. The zero-order valence-electron chi connectivity index (χ0n) is 12.5. The van der Waals surface area contributed by atoms with Crippen molar-refractivity contribution in [3.05, 3.63) is 59.7 Å². The Hall–Kier alpha value is -2.40. The molecule has 1 aliphatic carbocycles. The lowest BCUT2D eigenvalue weighted by molar-refractivity contribution is 0.128. The van der Waals surface area contributed by atoms with Crippen molar-refractivity contribution in [1.29, 1.82) is 0 Å². The molecule has 5 heteroatoms. The molecule has 1 atom stereocenters. The van der Waals surface area contributed by atoms with E-state index in [1.165, 1.54) is 0 Å². The standard InChI is InChI=1S/C18H18FNO3/c19-9-12(10-21)20-18(22)23-11-17-15-7-3-1-5-13(15)14-6-2-4-8-16(14)17/h1-8,12,17,21H,9-11H2,(H,20,22)/t12-/m1/s1. The van der Waals surface area contributed by atoms with Gasteiger partial charge in [-0.2, -0.15) is 0 Å². The van der Waals surface area contributed by atoms with Crippen molar-refractivity contribution in [3.63, 3.8) is 0 Å². The van der Waals surface area contributed by atoms with Crippen LogP contribution < -0.4 is 5.32 Å². The first-order chi connectivity index (χ1) is 11.2. The summed E-state index contributed by atoms with van der Waals surface area (Å²) in [6.07, 6.45) is -0.719. The topological polar surface area (TPSA) is 58.6 Å². The lowest BCUT2D eigenvalue weighted by atomic mass is 9.98. The smallest absolute Gasteiger partial charge is 0.407 e. The molecule has 1 amide bonds. The quantitative estimate of drug-likeness (QED) is 0.892. The molecule has 0 aromatic heterocycles. The molecule has 0 aliphatic heterocycles. The number of nitrogens with one attached hydrogen (secondary N) is 1. The first kappa shape index (κ1) is 15.5. The summed E-state index contributed by atoms with van der Waals surface area (Å²) in [5.41, 5.74) is 4.53. The molecule has 0 saturated carbocycles. The van der Waals surface area contributed by atoms with E-state index >= 15 is 0 Å². The van der Waals surface area contributed by atoms with Crippen molar-refractivity contribution in [1.82, 2.24) is 5.32 Å². The van der Waals surface area contributed by atoms with E-state index in [9.17, 15) is 9.18 Å². The average molecular weight is 315 g/mol. The predicted molar refractivity (Wildman–Crippen MR) is 85.1 cm³/mol. The van der Waals surface area contributed by atoms with Gasteiger partial charge in [0.2, 0.25) is 0 Å². The van der Waals surface area contributed by atoms with Crippen LogP contribution in [-0.2, 0) is 4.74 Å². The fourth-order valence-electron chi connectivity index (χ4n) is 2.94. The highest BCUT2D eigenvalue weighted by Gasteiger charge is 2.29. The monoisotopic (exact) mass is 315 g/mol. The fraction of sp³-hybridized carbons (Fsp3) is 0.278. The summed E-state index contributed by atoms with van der Waals surface area (Å²) in [7, 11) is 0. The maximum absolute atomic E-state index is 12.5. The number of alkyl carbamates (subject to hydrolysis) is 1. The van der Waals surface area contributed by atoms with Gasteiger partial charge < -0.3 is 15.2 Å². The Morgan fingerprint density at radius 3 is 2.22 bits per heavy atom. The maximum Gasteiger partial charge on any atom is 0.407 e. The summed E-state index contributed by atoms with van der Waals surface area (Å²) < 4.78 is 17.8. The third-order valence-corrected chi connectivity index (χ3v) is 4.07. The van der Waals surface area contributed by atoms with Crippen molar-refractivity contribution in [3.8, 4) is 11.1 Å². The lowest BCUT2D eigenvalue weighted by Gasteiger charge is -2.16. The Morgan fingerprint density at radius 1 is 1.13 bits per heavy atom. The van der Waals surface area contributed by atoms with E-state index in [2.05, 4.69) is 17.4 Å². The van der Waals surface area contributed by atoms with Crippen molar-refractivity contribution in [2.24, 2.45) is 0 Å². The summed E-state index contributed by atoms with van der Waals surface area (Å²) in [4.78, 5) is 11.7. The number of rotatable bonds is 5. The van der Waals surface area contributed by atoms with Crippen molar-refractivity contribution >= 4 is 6.09 Å². The SMILES string of the molecule is O=C(N[C@@H](CO)CF)OCC1c2ccccc2-c2ccccc21. The van der Waals surface area contributed by atoms with E-state index in [0.29, 0.717) is 0 Å². The summed E-state index contributed by atoms with van der Waals surface area (Å²) >= 11 is 0. The van der Waals surface area contributed by atoms with Gasteiger partial charge in [-0.3, -0.25) is 0 Å². The molecule has 1 aliphatic rings. The number of carbonyl (C=O) groups excluding carboxylic acids is 1. The minimum absolute atomic E-state index is 0.0360. The number of hydrogen-bond acceptors (Lipinski definition) is 3. The van der Waals surface area contributed by atoms with E-state index in [1.54, 1.807) is 0 Å². The highest BCUT2D eigenvalue weighted by atomic mass is 19.1. The fourth-order valence-corrected chi connectivity index (χ4v) is 2.94. The average Bonchev–Trinajstić information content (AvgIpc) is 2.92. The number of carbonyl (C=O) groups is 1. The molecular formula is C18H18FNO3. The zero-order valence-corrected chi connectivity index (χ0v) is 12.5. The van der Waals surface area contributed by atoms with Crippen LogP contribution in [0.3, 0.4) is 0 Å². The van der Waals surface area contributed by atoms with Crippen LogP contribution in [0.5, 0.6) is 0 Å². The summed E-state index contributed by atoms with van der Waals surface area (Å²) in [6.45, 7) is -1.12. The molecule has 0 spiro atoms. The Balaban J connectivity index is 1.75. The van der Waals surface area contributed by atoms with Gasteiger partial charge in [0.05, 0.1) is 12.6 Å². The number of ether oxygens (including phenoxy) is 1. The number of aliphatic hydroxyl groups is 1. The second-order valence-corrected chi connectivity index (χ2v) is 5.50. The Bertz CT molecular complexity index is 655. The molecule has 0 heterocycles. The highest BCUT2D eigenvalue weighted by molar-refractivity contribution is 5.79. The second kappa shape index (κ2) is 6.79. The number of alkyl halides is 1. The third-order valence-electron chi connectivity index (χ3n) is 4.07. The van der Waals surface area contributed by atoms with Gasteiger partial charge in [0.15, 0.2) is 0 Å². The second-order valence-electron chi connectivity index (χ2n) is 5.50. The molecule has 2 aromatic carbocycles. The van der Waals surface area contributed by atoms with Gasteiger partial charge in [-0.25, -0.2) is 9.18 Å². The molecule has 4 nitrogen and oxygen atoms in total. The normalized spacial score (nSPS) is 14.0. The van der Waals surface area contributed by atoms with Crippen LogP contribution in [0.1, 0.15) is 17.0 Å². The third kappa shape index (κ3) is 3.05. The Kier molecular flexibility index (Phi) is 4.57. The number of amides is 1. The molecule has 0 unspecified atom stereocenters. The molecule has 0 radical (unpaired) electrons. The number of aliphatic hydroxyl groups excluding tert-OH is 1. The van der Waals surface area contributed by atoms with Crippen LogP contribution in [0.15, 0.2) is 48.5 Å². The molecular weight excluding hydrogens is 297 g/mol. The predicted octanol–water partition coefficient (Wildman–Crippen LogP) is 2.86. The number of hydrogen-bond donors (Lipinski definition) is 2. The Labute approximate surface area is 133 Å². The minimum atomic E-state index is -0.925. The van der Waals surface area contributed by atoms with Gasteiger partial charge >= 0.3 is 6.09 Å². The van der Waals surface area contributed by atoms with E-state index < -0.39 is 25.4 Å². The van der Waals surface area contributed by atoms with E-state index in [1.807, 2.05) is 36.4 Å². The summed E-state index contributed by atoms with van der Waals surface area (Å²) in [6, 6.07) is 15.1. The molecule has 3 rings (SSSR count). The molecule has 0 saturated heterocycles. The maximum atomic E-state index is 12.5. The van der Waals surface area contributed by atoms with Gasteiger partial charge in [0, 0.05) is 5.92 Å². The summed E-state index contributed by atoms with van der Waals surface area (Å²) in [5.74, 6) is -0.0360. The van der Waals surface area contributed by atoms with Crippen LogP contribution >= 0.6 is 0 Å². The van der Waals surface area contributed by atoms with E-state index in [-0.39, 0.29) is 12.5 Å². The lowest BCUT2D eigenvalue weighted by Crippen LogP contribution is -2.39.